The zero-order valence-corrected chi connectivity index (χ0v) is 12.3. The second-order valence-corrected chi connectivity index (χ2v) is 5.82. The molecule has 1 aromatic carbocycles. The minimum atomic E-state index is -0.100. The average Bonchev–Trinajstić information content (AvgIpc) is 2.41. The molecule has 1 aromatic rings. The fourth-order valence-electron chi connectivity index (χ4n) is 2.60. The molecule has 1 fully saturated rings. The predicted molar refractivity (Wildman–Crippen MR) is 81.6 cm³/mol. The molecule has 20 heavy (non-hydrogen) atoms. The van der Waals surface area contributed by atoms with E-state index in [1.165, 1.54) is 12.8 Å². The molecule has 0 aliphatic heterocycles. The molecule has 0 atom stereocenters. The molecule has 110 valence electrons. The highest BCUT2D eigenvalue weighted by Gasteiger charge is 2.19. The van der Waals surface area contributed by atoms with Gasteiger partial charge >= 0.3 is 0 Å². The van der Waals surface area contributed by atoms with Crippen molar-refractivity contribution in [1.82, 2.24) is 0 Å². The monoisotopic (exact) mass is 276 g/mol. The first-order chi connectivity index (χ1) is 9.54. The maximum absolute atomic E-state index is 11.9. The van der Waals surface area contributed by atoms with Gasteiger partial charge in [-0.05, 0) is 62.3 Å². The summed E-state index contributed by atoms with van der Waals surface area (Å²) in [5.74, 6) is 0.692. The van der Waals surface area contributed by atoms with Gasteiger partial charge in [0, 0.05) is 11.4 Å². The number of carbonyl (C=O) groups is 1. The molecule has 0 unspecified atom stereocenters. The number of anilines is 2. The lowest BCUT2D eigenvalue weighted by Gasteiger charge is -2.26. The molecular weight excluding hydrogens is 252 g/mol. The van der Waals surface area contributed by atoms with Crippen molar-refractivity contribution < 1.29 is 9.53 Å². The highest BCUT2D eigenvalue weighted by molar-refractivity contribution is 5.92. The molecule has 0 aromatic heterocycles. The number of hydrogen-bond donors (Lipinski definition) is 2. The van der Waals surface area contributed by atoms with Gasteiger partial charge in [0.05, 0.1) is 6.10 Å². The zero-order chi connectivity index (χ0) is 14.5. The standard InChI is InChI=1S/C16H24N2O2/c1-11-3-6-14(7-4-11)20-10-16(19)18-15-8-5-13(17)9-12(15)2/h5,8-9,11,14H,3-4,6-7,10,17H2,1-2H3,(H,18,19). The third-order valence-corrected chi connectivity index (χ3v) is 3.94. The summed E-state index contributed by atoms with van der Waals surface area (Å²) in [5, 5.41) is 2.87. The molecule has 2 rings (SSSR count). The number of hydrogen-bond acceptors (Lipinski definition) is 3. The molecular formula is C16H24N2O2. The molecule has 1 aliphatic carbocycles. The van der Waals surface area contributed by atoms with E-state index in [2.05, 4.69) is 12.2 Å². The molecule has 4 heteroatoms. The predicted octanol–water partition coefficient (Wildman–Crippen LogP) is 3.11. The normalized spacial score (nSPS) is 22.5. The molecule has 1 saturated carbocycles. The lowest BCUT2D eigenvalue weighted by Crippen LogP contribution is -2.26. The van der Waals surface area contributed by atoms with Crippen molar-refractivity contribution >= 4 is 17.3 Å². The highest BCUT2D eigenvalue weighted by Crippen LogP contribution is 2.25. The highest BCUT2D eigenvalue weighted by atomic mass is 16.5. The van der Waals surface area contributed by atoms with Gasteiger partial charge in [0.15, 0.2) is 0 Å². The quantitative estimate of drug-likeness (QED) is 0.830. The van der Waals surface area contributed by atoms with Crippen molar-refractivity contribution in [2.45, 2.75) is 45.6 Å². The van der Waals surface area contributed by atoms with Crippen LogP contribution in [0.1, 0.15) is 38.2 Å². The number of carbonyl (C=O) groups excluding carboxylic acids is 1. The van der Waals surface area contributed by atoms with Crippen LogP contribution in [0.15, 0.2) is 18.2 Å². The fourth-order valence-corrected chi connectivity index (χ4v) is 2.60. The van der Waals surface area contributed by atoms with E-state index >= 15 is 0 Å². The number of ether oxygens (including phenoxy) is 1. The molecule has 0 bridgehead atoms. The molecule has 0 spiro atoms. The first kappa shape index (κ1) is 14.9. The smallest absolute Gasteiger partial charge is 0.250 e. The lowest BCUT2D eigenvalue weighted by atomic mass is 9.89. The Balaban J connectivity index is 1.78. The number of benzene rings is 1. The summed E-state index contributed by atoms with van der Waals surface area (Å²) in [6.07, 6.45) is 4.77. The van der Waals surface area contributed by atoms with Crippen molar-refractivity contribution in [2.75, 3.05) is 17.7 Å². The summed E-state index contributed by atoms with van der Waals surface area (Å²) < 4.78 is 5.69. The summed E-state index contributed by atoms with van der Waals surface area (Å²) in [7, 11) is 0. The van der Waals surface area contributed by atoms with Crippen LogP contribution in [0.2, 0.25) is 0 Å². The van der Waals surface area contributed by atoms with E-state index in [0.29, 0.717) is 5.69 Å². The van der Waals surface area contributed by atoms with E-state index in [1.807, 2.05) is 19.1 Å². The number of nitrogen functional groups attached to an aromatic ring is 1. The Bertz CT molecular complexity index is 466. The second kappa shape index (κ2) is 6.75. The van der Waals surface area contributed by atoms with Crippen LogP contribution < -0.4 is 11.1 Å². The van der Waals surface area contributed by atoms with E-state index in [1.54, 1.807) is 6.07 Å². The minimum absolute atomic E-state index is 0.100. The topological polar surface area (TPSA) is 64.3 Å². The van der Waals surface area contributed by atoms with Crippen LogP contribution in [-0.2, 0) is 9.53 Å². The Hall–Kier alpha value is -1.55. The van der Waals surface area contributed by atoms with Gasteiger partial charge in [-0.2, -0.15) is 0 Å². The summed E-state index contributed by atoms with van der Waals surface area (Å²) in [6.45, 7) is 4.32. The van der Waals surface area contributed by atoms with Crippen molar-refractivity contribution in [2.24, 2.45) is 5.92 Å². The van der Waals surface area contributed by atoms with Crippen LogP contribution in [-0.4, -0.2) is 18.6 Å². The van der Waals surface area contributed by atoms with Gasteiger partial charge in [-0.15, -0.1) is 0 Å². The zero-order valence-electron chi connectivity index (χ0n) is 12.3. The summed E-state index contributed by atoms with van der Waals surface area (Å²) >= 11 is 0. The Morgan fingerprint density at radius 1 is 1.35 bits per heavy atom. The van der Waals surface area contributed by atoms with Crippen molar-refractivity contribution in [3.05, 3.63) is 23.8 Å². The molecule has 0 saturated heterocycles. The van der Waals surface area contributed by atoms with E-state index in [4.69, 9.17) is 10.5 Å². The Morgan fingerprint density at radius 2 is 2.05 bits per heavy atom. The van der Waals surface area contributed by atoms with Crippen molar-refractivity contribution in [3.8, 4) is 0 Å². The maximum Gasteiger partial charge on any atom is 0.250 e. The maximum atomic E-state index is 11.9. The van der Waals surface area contributed by atoms with Crippen LogP contribution in [0.25, 0.3) is 0 Å². The van der Waals surface area contributed by atoms with E-state index in [0.717, 1.165) is 30.0 Å². The Labute approximate surface area is 120 Å². The van der Waals surface area contributed by atoms with Gasteiger partial charge < -0.3 is 15.8 Å². The molecule has 0 heterocycles. The minimum Gasteiger partial charge on any atom is -0.399 e. The van der Waals surface area contributed by atoms with Crippen molar-refractivity contribution in [1.29, 1.82) is 0 Å². The van der Waals surface area contributed by atoms with Gasteiger partial charge in [-0.3, -0.25) is 4.79 Å². The average molecular weight is 276 g/mol. The number of aryl methyl sites for hydroxylation is 1. The fraction of sp³-hybridized carbons (Fsp3) is 0.562. The number of nitrogens with two attached hydrogens (primary N) is 1. The van der Waals surface area contributed by atoms with Gasteiger partial charge in [0.1, 0.15) is 6.61 Å². The third kappa shape index (κ3) is 4.23. The molecule has 1 aliphatic rings. The number of rotatable bonds is 4. The summed E-state index contributed by atoms with van der Waals surface area (Å²) in [5.41, 5.74) is 8.15. The van der Waals surface area contributed by atoms with E-state index < -0.39 is 0 Å². The Morgan fingerprint density at radius 3 is 2.70 bits per heavy atom. The first-order valence-corrected chi connectivity index (χ1v) is 7.32. The largest absolute Gasteiger partial charge is 0.399 e. The molecule has 4 nitrogen and oxygen atoms in total. The van der Waals surface area contributed by atoms with Crippen LogP contribution >= 0.6 is 0 Å². The first-order valence-electron chi connectivity index (χ1n) is 7.32. The van der Waals surface area contributed by atoms with Gasteiger partial charge in [-0.1, -0.05) is 6.92 Å². The molecule has 3 N–H and O–H groups in total. The summed E-state index contributed by atoms with van der Waals surface area (Å²) in [6, 6.07) is 5.45. The second-order valence-electron chi connectivity index (χ2n) is 5.82. The molecule has 0 radical (unpaired) electrons. The van der Waals surface area contributed by atoms with E-state index in [-0.39, 0.29) is 18.6 Å². The SMILES string of the molecule is Cc1cc(N)ccc1NC(=O)COC1CCC(C)CC1. The number of amides is 1. The number of nitrogens with one attached hydrogen (secondary N) is 1. The summed E-state index contributed by atoms with van der Waals surface area (Å²) in [4.78, 5) is 11.9. The Kier molecular flexibility index (Phi) is 5.01. The van der Waals surface area contributed by atoms with Gasteiger partial charge in [0.2, 0.25) is 5.91 Å². The van der Waals surface area contributed by atoms with Gasteiger partial charge in [0.25, 0.3) is 0 Å². The van der Waals surface area contributed by atoms with Crippen LogP contribution in [0.3, 0.4) is 0 Å². The van der Waals surface area contributed by atoms with Crippen LogP contribution in [0.4, 0.5) is 11.4 Å². The van der Waals surface area contributed by atoms with Crippen LogP contribution in [0.5, 0.6) is 0 Å². The van der Waals surface area contributed by atoms with E-state index in [9.17, 15) is 4.79 Å². The van der Waals surface area contributed by atoms with Gasteiger partial charge in [-0.25, -0.2) is 0 Å². The molecule has 1 amide bonds. The third-order valence-electron chi connectivity index (χ3n) is 3.94. The lowest BCUT2D eigenvalue weighted by molar-refractivity contribution is -0.123. The van der Waals surface area contributed by atoms with Crippen molar-refractivity contribution in [3.63, 3.8) is 0 Å². The van der Waals surface area contributed by atoms with Crippen LogP contribution in [0, 0.1) is 12.8 Å².